The fraction of sp³-hybridized carbons (Fsp3) is 0.462. The highest BCUT2D eigenvalue weighted by atomic mass is 79.9. The van der Waals surface area contributed by atoms with E-state index in [1.807, 2.05) is 4.90 Å². The summed E-state index contributed by atoms with van der Waals surface area (Å²) < 4.78 is 1.20. The van der Waals surface area contributed by atoms with Gasteiger partial charge in [-0.05, 0) is 35.6 Å². The molecular weight excluding hydrogens is 266 g/mol. The van der Waals surface area contributed by atoms with Crippen LogP contribution in [0.15, 0.2) is 16.6 Å². The number of carbonyl (C=O) groups excluding carboxylic acids is 1. The normalized spacial score (nSPS) is 14.8. The predicted octanol–water partition coefficient (Wildman–Crippen LogP) is 2.92. The van der Waals surface area contributed by atoms with Crippen LogP contribution in [0.25, 0.3) is 0 Å². The molecule has 3 heteroatoms. The summed E-state index contributed by atoms with van der Waals surface area (Å²) in [5.41, 5.74) is 4.15. The van der Waals surface area contributed by atoms with E-state index in [1.54, 1.807) is 6.92 Å². The number of amides is 1. The highest BCUT2D eigenvalue weighted by Gasteiger charge is 2.20. The van der Waals surface area contributed by atoms with Crippen molar-refractivity contribution in [3.63, 3.8) is 0 Å². The Balaban J connectivity index is 2.38. The first kappa shape index (κ1) is 11.6. The maximum absolute atomic E-state index is 11.3. The zero-order valence-electron chi connectivity index (χ0n) is 9.72. The van der Waals surface area contributed by atoms with E-state index in [-0.39, 0.29) is 5.91 Å². The molecular formula is C13H16BrNO. The number of benzene rings is 1. The summed E-state index contributed by atoms with van der Waals surface area (Å²) >= 11 is 3.60. The van der Waals surface area contributed by atoms with Crippen molar-refractivity contribution in [1.29, 1.82) is 0 Å². The Labute approximate surface area is 105 Å². The van der Waals surface area contributed by atoms with Crippen LogP contribution in [0.4, 0.5) is 0 Å². The maximum Gasteiger partial charge on any atom is 0.219 e. The molecule has 1 aromatic rings. The van der Waals surface area contributed by atoms with E-state index in [9.17, 15) is 4.79 Å². The van der Waals surface area contributed by atoms with E-state index < -0.39 is 0 Å². The zero-order valence-corrected chi connectivity index (χ0v) is 11.3. The van der Waals surface area contributed by atoms with Crippen LogP contribution < -0.4 is 0 Å². The molecule has 0 spiro atoms. The molecule has 0 radical (unpaired) electrons. The fourth-order valence-corrected chi connectivity index (χ4v) is 3.01. The Kier molecular flexibility index (Phi) is 3.33. The zero-order chi connectivity index (χ0) is 11.7. The molecule has 0 saturated heterocycles. The smallest absolute Gasteiger partial charge is 0.219 e. The monoisotopic (exact) mass is 281 g/mol. The van der Waals surface area contributed by atoms with Gasteiger partial charge in [0.15, 0.2) is 0 Å². The minimum absolute atomic E-state index is 0.173. The third kappa shape index (κ3) is 2.01. The number of hydrogen-bond acceptors (Lipinski definition) is 1. The van der Waals surface area contributed by atoms with Crippen molar-refractivity contribution in [2.75, 3.05) is 6.54 Å². The van der Waals surface area contributed by atoms with Gasteiger partial charge in [-0.15, -0.1) is 0 Å². The summed E-state index contributed by atoms with van der Waals surface area (Å²) in [5, 5.41) is 0. The number of hydrogen-bond donors (Lipinski definition) is 0. The van der Waals surface area contributed by atoms with Crippen molar-refractivity contribution in [3.8, 4) is 0 Å². The summed E-state index contributed by atoms with van der Waals surface area (Å²) in [4.78, 5) is 13.3. The summed E-state index contributed by atoms with van der Waals surface area (Å²) in [6, 6.07) is 4.23. The van der Waals surface area contributed by atoms with Gasteiger partial charge in [0.1, 0.15) is 0 Å². The second-order valence-electron chi connectivity index (χ2n) is 4.21. The third-order valence-electron chi connectivity index (χ3n) is 3.26. The Bertz CT molecular complexity index is 428. The van der Waals surface area contributed by atoms with Gasteiger partial charge in [0.25, 0.3) is 0 Å². The average molecular weight is 282 g/mol. The molecule has 86 valence electrons. The van der Waals surface area contributed by atoms with Gasteiger partial charge in [0.05, 0.1) is 0 Å². The summed E-state index contributed by atoms with van der Waals surface area (Å²) in [7, 11) is 0. The summed E-state index contributed by atoms with van der Waals surface area (Å²) in [5.74, 6) is 0.173. The number of nitrogens with zero attached hydrogens (tertiary/aromatic N) is 1. The van der Waals surface area contributed by atoms with Gasteiger partial charge in [-0.25, -0.2) is 0 Å². The van der Waals surface area contributed by atoms with E-state index in [1.165, 1.54) is 21.2 Å². The lowest BCUT2D eigenvalue weighted by atomic mass is 9.93. The number of carbonyl (C=O) groups is 1. The van der Waals surface area contributed by atoms with Crippen LogP contribution >= 0.6 is 15.9 Å². The molecule has 0 bridgehead atoms. The number of halogens is 1. The SMILES string of the molecule is CCc1c(Br)ccc2c1CCN(C(C)=O)C2. The second kappa shape index (κ2) is 4.58. The highest BCUT2D eigenvalue weighted by Crippen LogP contribution is 2.28. The molecule has 0 unspecified atom stereocenters. The first-order valence-electron chi connectivity index (χ1n) is 5.68. The third-order valence-corrected chi connectivity index (χ3v) is 4.01. The highest BCUT2D eigenvalue weighted by molar-refractivity contribution is 9.10. The van der Waals surface area contributed by atoms with E-state index in [0.717, 1.165) is 25.9 Å². The van der Waals surface area contributed by atoms with Crippen LogP contribution in [-0.4, -0.2) is 17.4 Å². The molecule has 16 heavy (non-hydrogen) atoms. The van der Waals surface area contributed by atoms with Crippen molar-refractivity contribution in [3.05, 3.63) is 33.3 Å². The first-order valence-corrected chi connectivity index (χ1v) is 6.47. The molecule has 1 amide bonds. The van der Waals surface area contributed by atoms with Gasteiger partial charge in [0, 0.05) is 24.5 Å². The minimum atomic E-state index is 0.173. The maximum atomic E-state index is 11.3. The van der Waals surface area contributed by atoms with Gasteiger partial charge < -0.3 is 4.90 Å². The van der Waals surface area contributed by atoms with Crippen LogP contribution in [0.2, 0.25) is 0 Å². The van der Waals surface area contributed by atoms with Crippen molar-refractivity contribution in [2.45, 2.75) is 33.2 Å². The summed E-state index contributed by atoms with van der Waals surface area (Å²) in [6.07, 6.45) is 2.03. The molecule has 0 N–H and O–H groups in total. The van der Waals surface area contributed by atoms with Gasteiger partial charge in [-0.1, -0.05) is 28.9 Å². The minimum Gasteiger partial charge on any atom is -0.338 e. The van der Waals surface area contributed by atoms with Crippen LogP contribution in [0.1, 0.15) is 30.5 Å². The molecule has 1 aliphatic rings. The lowest BCUT2D eigenvalue weighted by Gasteiger charge is -2.29. The predicted molar refractivity (Wildman–Crippen MR) is 68.3 cm³/mol. The standard InChI is InChI=1S/C13H16BrNO/c1-3-11-12-6-7-15(9(2)16)8-10(12)4-5-13(11)14/h4-5H,3,6-8H2,1-2H3. The fourth-order valence-electron chi connectivity index (χ4n) is 2.35. The first-order chi connectivity index (χ1) is 7.63. The van der Waals surface area contributed by atoms with Gasteiger partial charge in [-0.3, -0.25) is 4.79 Å². The second-order valence-corrected chi connectivity index (χ2v) is 5.06. The van der Waals surface area contributed by atoms with Crippen LogP contribution in [-0.2, 0) is 24.2 Å². The van der Waals surface area contributed by atoms with Gasteiger partial charge in [0.2, 0.25) is 5.91 Å². The van der Waals surface area contributed by atoms with E-state index in [2.05, 4.69) is 35.0 Å². The Morgan fingerprint density at radius 3 is 2.88 bits per heavy atom. The molecule has 0 saturated carbocycles. The molecule has 1 aliphatic heterocycles. The van der Waals surface area contributed by atoms with E-state index in [4.69, 9.17) is 0 Å². The molecule has 0 atom stereocenters. The molecule has 2 nitrogen and oxygen atoms in total. The van der Waals surface area contributed by atoms with Crippen molar-refractivity contribution >= 4 is 21.8 Å². The molecule has 0 fully saturated rings. The number of rotatable bonds is 1. The quantitative estimate of drug-likeness (QED) is 0.775. The van der Waals surface area contributed by atoms with Crippen LogP contribution in [0, 0.1) is 0 Å². The molecule has 1 heterocycles. The van der Waals surface area contributed by atoms with Crippen molar-refractivity contribution < 1.29 is 4.79 Å². The number of fused-ring (bicyclic) bond motifs is 1. The molecule has 0 aromatic heterocycles. The Morgan fingerprint density at radius 2 is 2.25 bits per heavy atom. The van der Waals surface area contributed by atoms with Gasteiger partial charge in [-0.2, -0.15) is 0 Å². The van der Waals surface area contributed by atoms with Crippen LogP contribution in [0.3, 0.4) is 0 Å². The lowest BCUT2D eigenvalue weighted by Crippen LogP contribution is -2.34. The summed E-state index contributed by atoms with van der Waals surface area (Å²) in [6.45, 7) is 5.44. The van der Waals surface area contributed by atoms with E-state index in [0.29, 0.717) is 0 Å². The van der Waals surface area contributed by atoms with E-state index >= 15 is 0 Å². The Hall–Kier alpha value is -0.830. The molecule has 1 aromatic carbocycles. The Morgan fingerprint density at radius 1 is 1.50 bits per heavy atom. The topological polar surface area (TPSA) is 20.3 Å². The molecule has 2 rings (SSSR count). The van der Waals surface area contributed by atoms with Gasteiger partial charge >= 0.3 is 0 Å². The average Bonchev–Trinajstić information content (AvgIpc) is 2.28. The largest absolute Gasteiger partial charge is 0.338 e. The van der Waals surface area contributed by atoms with Crippen molar-refractivity contribution in [1.82, 2.24) is 4.90 Å². The van der Waals surface area contributed by atoms with Crippen molar-refractivity contribution in [2.24, 2.45) is 0 Å². The molecule has 0 aliphatic carbocycles. The van der Waals surface area contributed by atoms with Crippen LogP contribution in [0.5, 0.6) is 0 Å². The lowest BCUT2D eigenvalue weighted by molar-refractivity contribution is -0.129.